The molecule has 2 aromatic rings. The fourth-order valence-electron chi connectivity index (χ4n) is 2.64. The molecule has 5 heteroatoms. The molecule has 1 atom stereocenters. The minimum absolute atomic E-state index is 0.0265. The van der Waals surface area contributed by atoms with E-state index >= 15 is 0 Å². The zero-order valence-corrected chi connectivity index (χ0v) is 12.8. The fraction of sp³-hybridized carbons (Fsp3) is 0.412. The molecule has 0 aliphatic carbocycles. The van der Waals surface area contributed by atoms with Gasteiger partial charge in [0.15, 0.2) is 0 Å². The van der Waals surface area contributed by atoms with Crippen LogP contribution in [0, 0.1) is 0 Å². The Morgan fingerprint density at radius 3 is 3.23 bits per heavy atom. The van der Waals surface area contributed by atoms with Gasteiger partial charge in [0.1, 0.15) is 5.75 Å². The van der Waals surface area contributed by atoms with Crippen LogP contribution < -0.4 is 10.1 Å². The summed E-state index contributed by atoms with van der Waals surface area (Å²) in [7, 11) is 0. The highest BCUT2D eigenvalue weighted by Crippen LogP contribution is 2.25. The minimum Gasteiger partial charge on any atom is -0.493 e. The number of nitrogens with one attached hydrogen (secondary N) is 1. The first-order valence-electron chi connectivity index (χ1n) is 7.76. The highest BCUT2D eigenvalue weighted by Gasteiger charge is 2.15. The smallest absolute Gasteiger partial charge is 0.251 e. The van der Waals surface area contributed by atoms with E-state index in [1.165, 1.54) is 0 Å². The van der Waals surface area contributed by atoms with Gasteiger partial charge in [-0.1, -0.05) is 0 Å². The van der Waals surface area contributed by atoms with Crippen LogP contribution in [0.4, 0.5) is 0 Å². The van der Waals surface area contributed by atoms with Crippen LogP contribution in [0.15, 0.2) is 36.7 Å². The number of carbonyl (C=O) groups is 1. The van der Waals surface area contributed by atoms with Crippen LogP contribution in [0.3, 0.4) is 0 Å². The molecule has 0 unspecified atom stereocenters. The molecule has 1 amide bonds. The van der Waals surface area contributed by atoms with E-state index in [1.807, 2.05) is 42.1 Å². The van der Waals surface area contributed by atoms with Crippen molar-refractivity contribution in [3.8, 4) is 5.75 Å². The number of aromatic nitrogens is 2. The number of carbonyl (C=O) groups excluding carboxylic acids is 1. The second-order valence-electron chi connectivity index (χ2n) is 5.71. The zero-order chi connectivity index (χ0) is 15.4. The Morgan fingerprint density at radius 1 is 1.50 bits per heavy atom. The van der Waals surface area contributed by atoms with Gasteiger partial charge in [-0.15, -0.1) is 0 Å². The maximum Gasteiger partial charge on any atom is 0.251 e. The van der Waals surface area contributed by atoms with Crippen LogP contribution in [0.2, 0.25) is 0 Å². The van der Waals surface area contributed by atoms with Gasteiger partial charge in [0, 0.05) is 30.5 Å². The molecule has 1 aromatic heterocycles. The Labute approximate surface area is 130 Å². The SMILES string of the molecule is C[C@H](CCn1cccn1)NC(=O)c1ccc2c(c1)CCCO2. The molecular formula is C17H21N3O2. The molecule has 116 valence electrons. The highest BCUT2D eigenvalue weighted by molar-refractivity contribution is 5.94. The van der Waals surface area contributed by atoms with Gasteiger partial charge in [0.2, 0.25) is 0 Å². The summed E-state index contributed by atoms with van der Waals surface area (Å²) in [6.45, 7) is 3.58. The summed E-state index contributed by atoms with van der Waals surface area (Å²) in [6, 6.07) is 7.68. The lowest BCUT2D eigenvalue weighted by molar-refractivity contribution is 0.0937. The Bertz CT molecular complexity index is 637. The molecule has 0 spiro atoms. The fourth-order valence-corrected chi connectivity index (χ4v) is 2.64. The van der Waals surface area contributed by atoms with Crippen LogP contribution in [0.5, 0.6) is 5.75 Å². The van der Waals surface area contributed by atoms with Crippen molar-refractivity contribution < 1.29 is 9.53 Å². The maximum absolute atomic E-state index is 12.3. The quantitative estimate of drug-likeness (QED) is 0.922. The molecule has 0 saturated carbocycles. The number of benzene rings is 1. The summed E-state index contributed by atoms with van der Waals surface area (Å²) in [5.41, 5.74) is 1.83. The van der Waals surface area contributed by atoms with Crippen LogP contribution in [0.1, 0.15) is 35.7 Å². The second-order valence-corrected chi connectivity index (χ2v) is 5.71. The first kappa shape index (κ1) is 14.6. The summed E-state index contributed by atoms with van der Waals surface area (Å²) in [4.78, 5) is 12.3. The number of nitrogens with zero attached hydrogens (tertiary/aromatic N) is 2. The van der Waals surface area contributed by atoms with E-state index in [0.717, 1.165) is 43.7 Å². The van der Waals surface area contributed by atoms with E-state index in [4.69, 9.17) is 4.74 Å². The lowest BCUT2D eigenvalue weighted by Gasteiger charge is -2.18. The summed E-state index contributed by atoms with van der Waals surface area (Å²) >= 11 is 0. The van der Waals surface area contributed by atoms with Crippen molar-refractivity contribution in [1.82, 2.24) is 15.1 Å². The number of aryl methyl sites for hydroxylation is 2. The van der Waals surface area contributed by atoms with Crippen molar-refractivity contribution >= 4 is 5.91 Å². The van der Waals surface area contributed by atoms with E-state index in [2.05, 4.69) is 10.4 Å². The molecule has 1 aromatic carbocycles. The summed E-state index contributed by atoms with van der Waals surface area (Å²) in [5, 5.41) is 7.21. The van der Waals surface area contributed by atoms with Gasteiger partial charge in [-0.2, -0.15) is 5.10 Å². The average Bonchev–Trinajstić information content (AvgIpc) is 3.06. The van der Waals surface area contributed by atoms with Gasteiger partial charge in [-0.3, -0.25) is 9.48 Å². The first-order valence-corrected chi connectivity index (χ1v) is 7.76. The van der Waals surface area contributed by atoms with Crippen molar-refractivity contribution in [2.75, 3.05) is 6.61 Å². The minimum atomic E-state index is -0.0265. The molecule has 5 nitrogen and oxygen atoms in total. The Hall–Kier alpha value is -2.30. The van der Waals surface area contributed by atoms with E-state index in [9.17, 15) is 4.79 Å². The Kier molecular flexibility index (Phi) is 4.42. The molecule has 0 saturated heterocycles. The van der Waals surface area contributed by atoms with Crippen molar-refractivity contribution in [1.29, 1.82) is 0 Å². The van der Waals surface area contributed by atoms with Crippen molar-refractivity contribution in [2.45, 2.75) is 38.8 Å². The monoisotopic (exact) mass is 299 g/mol. The lowest BCUT2D eigenvalue weighted by Crippen LogP contribution is -2.33. The van der Waals surface area contributed by atoms with Crippen LogP contribution in [-0.2, 0) is 13.0 Å². The van der Waals surface area contributed by atoms with E-state index < -0.39 is 0 Å². The maximum atomic E-state index is 12.3. The number of ether oxygens (including phenoxy) is 1. The second kappa shape index (κ2) is 6.64. The van der Waals surface area contributed by atoms with Gasteiger partial charge in [-0.25, -0.2) is 0 Å². The Morgan fingerprint density at radius 2 is 2.41 bits per heavy atom. The molecule has 1 N–H and O–H groups in total. The van der Waals surface area contributed by atoms with E-state index in [0.29, 0.717) is 5.56 Å². The van der Waals surface area contributed by atoms with Crippen LogP contribution >= 0.6 is 0 Å². The molecule has 22 heavy (non-hydrogen) atoms. The number of hydrogen-bond donors (Lipinski definition) is 1. The largest absolute Gasteiger partial charge is 0.493 e. The predicted molar refractivity (Wildman–Crippen MR) is 84.0 cm³/mol. The summed E-state index contributed by atoms with van der Waals surface area (Å²) in [5.74, 6) is 0.885. The van der Waals surface area contributed by atoms with E-state index in [1.54, 1.807) is 6.20 Å². The molecule has 2 heterocycles. The van der Waals surface area contributed by atoms with Crippen LogP contribution in [-0.4, -0.2) is 28.3 Å². The van der Waals surface area contributed by atoms with Crippen molar-refractivity contribution in [2.24, 2.45) is 0 Å². The molecule has 1 aliphatic rings. The molecule has 0 radical (unpaired) electrons. The highest BCUT2D eigenvalue weighted by atomic mass is 16.5. The number of fused-ring (bicyclic) bond motifs is 1. The average molecular weight is 299 g/mol. The Balaban J connectivity index is 1.56. The normalized spacial score (nSPS) is 14.8. The van der Waals surface area contributed by atoms with E-state index in [-0.39, 0.29) is 11.9 Å². The lowest BCUT2D eigenvalue weighted by atomic mass is 10.0. The topological polar surface area (TPSA) is 56.2 Å². The zero-order valence-electron chi connectivity index (χ0n) is 12.8. The van der Waals surface area contributed by atoms with Crippen LogP contribution in [0.25, 0.3) is 0 Å². The third-order valence-corrected chi connectivity index (χ3v) is 3.90. The molecule has 3 rings (SSSR count). The van der Waals surface area contributed by atoms with Crippen molar-refractivity contribution in [3.63, 3.8) is 0 Å². The number of amides is 1. The third-order valence-electron chi connectivity index (χ3n) is 3.90. The molecule has 0 fully saturated rings. The van der Waals surface area contributed by atoms with Gasteiger partial charge in [0.05, 0.1) is 6.61 Å². The van der Waals surface area contributed by atoms with Crippen molar-refractivity contribution in [3.05, 3.63) is 47.8 Å². The number of hydrogen-bond acceptors (Lipinski definition) is 3. The van der Waals surface area contributed by atoms with Gasteiger partial charge in [-0.05, 0) is 56.0 Å². The standard InChI is InChI=1S/C17H21N3O2/c1-13(7-10-20-9-3-8-18-20)19-17(21)15-5-6-16-14(12-15)4-2-11-22-16/h3,5-6,8-9,12-13H,2,4,7,10-11H2,1H3,(H,19,21)/t13-/m1/s1. The number of rotatable bonds is 5. The molecular weight excluding hydrogens is 278 g/mol. The van der Waals surface area contributed by atoms with Gasteiger partial charge >= 0.3 is 0 Å². The summed E-state index contributed by atoms with van der Waals surface area (Å²) < 4.78 is 7.45. The molecule has 1 aliphatic heterocycles. The predicted octanol–water partition coefficient (Wildman–Crippen LogP) is 2.42. The van der Waals surface area contributed by atoms with Gasteiger partial charge in [0.25, 0.3) is 5.91 Å². The molecule has 0 bridgehead atoms. The third kappa shape index (κ3) is 3.47. The first-order chi connectivity index (χ1) is 10.7. The summed E-state index contributed by atoms with van der Waals surface area (Å²) in [6.07, 6.45) is 6.53. The van der Waals surface area contributed by atoms with Gasteiger partial charge < -0.3 is 10.1 Å².